The Kier molecular flexibility index (Phi) is 4.06. The van der Waals surface area contributed by atoms with Crippen molar-refractivity contribution in [3.05, 3.63) is 24.0 Å². The largest absolute Gasteiger partial charge is 0.364 e. The van der Waals surface area contributed by atoms with E-state index in [1.54, 1.807) is 11.0 Å². The predicted molar refractivity (Wildman–Crippen MR) is 78.0 cm³/mol. The van der Waals surface area contributed by atoms with Crippen LogP contribution in [0.25, 0.3) is 0 Å². The number of amides is 2. The van der Waals surface area contributed by atoms with E-state index in [9.17, 15) is 9.59 Å². The summed E-state index contributed by atoms with van der Waals surface area (Å²) in [5, 5.41) is 7.42. The van der Waals surface area contributed by atoms with Crippen LogP contribution in [0, 0.1) is 5.92 Å². The average Bonchev–Trinajstić information content (AvgIpc) is 2.94. The molecule has 2 aliphatic heterocycles. The number of morpholine rings is 1. The number of likely N-dealkylation sites (tertiary alicyclic amines) is 1. The van der Waals surface area contributed by atoms with Crippen molar-refractivity contribution in [3.8, 4) is 0 Å². The number of ether oxygens (including phenoxy) is 1. The quantitative estimate of drug-likeness (QED) is 0.796. The van der Waals surface area contributed by atoms with E-state index in [1.807, 2.05) is 4.90 Å². The van der Waals surface area contributed by atoms with Crippen LogP contribution >= 0.6 is 0 Å². The summed E-state index contributed by atoms with van der Waals surface area (Å²) in [7, 11) is 0. The van der Waals surface area contributed by atoms with Crippen molar-refractivity contribution in [1.29, 1.82) is 0 Å². The maximum Gasteiger partial charge on any atom is 0.255 e. The first-order chi connectivity index (χ1) is 10.6. The van der Waals surface area contributed by atoms with Crippen LogP contribution in [0.1, 0.15) is 24.2 Å². The van der Waals surface area contributed by atoms with Crippen molar-refractivity contribution in [1.82, 2.24) is 20.0 Å². The van der Waals surface area contributed by atoms with Gasteiger partial charge in [-0.05, 0) is 12.0 Å². The standard InChI is InChI=1S/C15H20N4O3/c1-10(2)6-19-12-7-18(8-13(12)22-9-14(19)20)15(21)11-3-4-16-17-5-11/h3-5,10,12-13H,6-9H2,1-2H3/t12-,13+/m1/s1. The van der Waals surface area contributed by atoms with Gasteiger partial charge in [-0.1, -0.05) is 13.8 Å². The summed E-state index contributed by atoms with van der Waals surface area (Å²) < 4.78 is 5.63. The molecule has 0 spiro atoms. The number of hydrogen-bond acceptors (Lipinski definition) is 5. The minimum atomic E-state index is -0.102. The molecular formula is C15H20N4O3. The van der Waals surface area contributed by atoms with Crippen LogP contribution < -0.4 is 0 Å². The lowest BCUT2D eigenvalue weighted by atomic mass is 10.1. The highest BCUT2D eigenvalue weighted by Gasteiger charge is 2.44. The van der Waals surface area contributed by atoms with Crippen LogP contribution in [0.4, 0.5) is 0 Å². The summed E-state index contributed by atoms with van der Waals surface area (Å²) in [6.45, 7) is 5.98. The minimum Gasteiger partial charge on any atom is -0.364 e. The van der Waals surface area contributed by atoms with Gasteiger partial charge in [-0.15, -0.1) is 0 Å². The predicted octanol–water partition coefficient (Wildman–Crippen LogP) is 0.184. The molecule has 2 atom stereocenters. The second-order valence-corrected chi connectivity index (χ2v) is 6.20. The molecule has 2 saturated heterocycles. The van der Waals surface area contributed by atoms with Gasteiger partial charge >= 0.3 is 0 Å². The van der Waals surface area contributed by atoms with Gasteiger partial charge in [0, 0.05) is 19.6 Å². The summed E-state index contributed by atoms with van der Waals surface area (Å²) in [6.07, 6.45) is 2.86. The fourth-order valence-corrected chi connectivity index (χ4v) is 3.06. The molecule has 0 saturated carbocycles. The first-order valence-corrected chi connectivity index (χ1v) is 7.53. The maximum absolute atomic E-state index is 12.5. The smallest absolute Gasteiger partial charge is 0.255 e. The Morgan fingerprint density at radius 1 is 1.41 bits per heavy atom. The van der Waals surface area contributed by atoms with Crippen LogP contribution in [0.2, 0.25) is 0 Å². The summed E-state index contributed by atoms with van der Waals surface area (Å²) in [5.41, 5.74) is 0.510. The van der Waals surface area contributed by atoms with Gasteiger partial charge in [0.2, 0.25) is 5.91 Å². The van der Waals surface area contributed by atoms with E-state index in [0.29, 0.717) is 31.1 Å². The lowest BCUT2D eigenvalue weighted by molar-refractivity contribution is -0.153. The van der Waals surface area contributed by atoms with Crippen LogP contribution in [0.5, 0.6) is 0 Å². The van der Waals surface area contributed by atoms with Gasteiger partial charge in [-0.3, -0.25) is 9.59 Å². The molecule has 0 N–H and O–H groups in total. The molecule has 1 aromatic rings. The number of carbonyl (C=O) groups is 2. The molecule has 3 rings (SSSR count). The molecule has 118 valence electrons. The average molecular weight is 304 g/mol. The molecule has 2 amide bonds. The van der Waals surface area contributed by atoms with Crippen LogP contribution in [0.3, 0.4) is 0 Å². The van der Waals surface area contributed by atoms with Crippen molar-refractivity contribution in [3.63, 3.8) is 0 Å². The van der Waals surface area contributed by atoms with Crippen LogP contribution in [-0.2, 0) is 9.53 Å². The highest BCUT2D eigenvalue weighted by Crippen LogP contribution is 2.25. The van der Waals surface area contributed by atoms with Crippen molar-refractivity contribution in [2.24, 2.45) is 5.92 Å². The Morgan fingerprint density at radius 3 is 2.91 bits per heavy atom. The van der Waals surface area contributed by atoms with Crippen molar-refractivity contribution in [2.75, 3.05) is 26.2 Å². The Morgan fingerprint density at radius 2 is 2.23 bits per heavy atom. The number of carbonyl (C=O) groups excluding carboxylic acids is 2. The SMILES string of the molecule is CC(C)CN1C(=O)CO[C@H]2CN(C(=O)c3ccnnc3)C[C@H]21. The molecule has 7 heteroatoms. The van der Waals surface area contributed by atoms with Crippen molar-refractivity contribution in [2.45, 2.75) is 26.0 Å². The Labute approximate surface area is 129 Å². The van der Waals surface area contributed by atoms with Crippen molar-refractivity contribution < 1.29 is 14.3 Å². The van der Waals surface area contributed by atoms with E-state index in [1.165, 1.54) is 12.4 Å². The van der Waals surface area contributed by atoms with E-state index >= 15 is 0 Å². The molecule has 2 fully saturated rings. The highest BCUT2D eigenvalue weighted by atomic mass is 16.5. The molecule has 0 aromatic carbocycles. The second-order valence-electron chi connectivity index (χ2n) is 6.20. The zero-order chi connectivity index (χ0) is 15.7. The Balaban J connectivity index is 1.74. The van der Waals surface area contributed by atoms with Gasteiger partial charge in [-0.25, -0.2) is 0 Å². The fourth-order valence-electron chi connectivity index (χ4n) is 3.06. The van der Waals surface area contributed by atoms with E-state index in [4.69, 9.17) is 4.74 Å². The number of aromatic nitrogens is 2. The zero-order valence-electron chi connectivity index (χ0n) is 12.8. The summed E-state index contributed by atoms with van der Waals surface area (Å²) in [5.74, 6) is 0.302. The third-order valence-electron chi connectivity index (χ3n) is 4.06. The number of nitrogens with zero attached hydrogens (tertiary/aromatic N) is 4. The third-order valence-corrected chi connectivity index (χ3v) is 4.06. The van der Waals surface area contributed by atoms with Gasteiger partial charge in [-0.2, -0.15) is 10.2 Å². The van der Waals surface area contributed by atoms with Crippen molar-refractivity contribution >= 4 is 11.8 Å². The lowest BCUT2D eigenvalue weighted by Gasteiger charge is -2.37. The number of rotatable bonds is 3. The van der Waals surface area contributed by atoms with E-state index < -0.39 is 0 Å². The molecule has 0 bridgehead atoms. The summed E-state index contributed by atoms with van der Waals surface area (Å²) in [6, 6.07) is 1.59. The fraction of sp³-hybridized carbons (Fsp3) is 0.600. The molecule has 0 radical (unpaired) electrons. The second kappa shape index (κ2) is 6.00. The topological polar surface area (TPSA) is 75.6 Å². The number of hydrogen-bond donors (Lipinski definition) is 0. The maximum atomic E-state index is 12.5. The molecule has 0 unspecified atom stereocenters. The van der Waals surface area contributed by atoms with Crippen LogP contribution in [0.15, 0.2) is 18.5 Å². The molecule has 3 heterocycles. The molecule has 2 aliphatic rings. The molecule has 0 aliphatic carbocycles. The van der Waals surface area contributed by atoms with E-state index in [0.717, 1.165) is 0 Å². The highest BCUT2D eigenvalue weighted by molar-refractivity contribution is 5.94. The Bertz CT molecular complexity index is 563. The normalized spacial score (nSPS) is 24.8. The Hall–Kier alpha value is -2.02. The van der Waals surface area contributed by atoms with Gasteiger partial charge in [0.15, 0.2) is 0 Å². The van der Waals surface area contributed by atoms with Gasteiger partial charge in [0.25, 0.3) is 5.91 Å². The zero-order valence-corrected chi connectivity index (χ0v) is 12.8. The van der Waals surface area contributed by atoms with E-state index in [-0.39, 0.29) is 30.6 Å². The van der Waals surface area contributed by atoms with E-state index in [2.05, 4.69) is 24.0 Å². The minimum absolute atomic E-state index is 0.00910. The molecular weight excluding hydrogens is 284 g/mol. The summed E-state index contributed by atoms with van der Waals surface area (Å²) >= 11 is 0. The first-order valence-electron chi connectivity index (χ1n) is 7.53. The van der Waals surface area contributed by atoms with Crippen LogP contribution in [-0.4, -0.2) is 70.2 Å². The first kappa shape index (κ1) is 14.9. The third kappa shape index (κ3) is 2.81. The molecule has 7 nitrogen and oxygen atoms in total. The van der Waals surface area contributed by atoms with Gasteiger partial charge < -0.3 is 14.5 Å². The molecule has 22 heavy (non-hydrogen) atoms. The van der Waals surface area contributed by atoms with Gasteiger partial charge in [0.05, 0.1) is 30.1 Å². The summed E-state index contributed by atoms with van der Waals surface area (Å²) in [4.78, 5) is 28.2. The van der Waals surface area contributed by atoms with Gasteiger partial charge in [0.1, 0.15) is 6.61 Å². The monoisotopic (exact) mass is 304 g/mol. The lowest BCUT2D eigenvalue weighted by Crippen LogP contribution is -2.55. The number of fused-ring (bicyclic) bond motifs is 1. The molecule has 1 aromatic heterocycles.